The number of carboxylic acids is 1. The fourth-order valence-corrected chi connectivity index (χ4v) is 2.30. The number of nitrogens with zero attached hydrogens (tertiary/aromatic N) is 3. The van der Waals surface area contributed by atoms with Crippen molar-refractivity contribution in [1.29, 1.82) is 5.26 Å². The Morgan fingerprint density at radius 2 is 2.23 bits per heavy atom. The molecule has 0 fully saturated rings. The summed E-state index contributed by atoms with van der Waals surface area (Å²) < 4.78 is 7.06. The van der Waals surface area contributed by atoms with Gasteiger partial charge in [0.1, 0.15) is 17.3 Å². The summed E-state index contributed by atoms with van der Waals surface area (Å²) in [6, 6.07) is 3.13. The van der Waals surface area contributed by atoms with Crippen molar-refractivity contribution in [1.82, 2.24) is 9.38 Å². The van der Waals surface area contributed by atoms with Crippen LogP contribution >= 0.6 is 23.2 Å². The first-order valence-corrected chi connectivity index (χ1v) is 6.98. The van der Waals surface area contributed by atoms with E-state index in [0.29, 0.717) is 10.7 Å². The maximum absolute atomic E-state index is 11.0. The maximum Gasteiger partial charge on any atom is 0.346 e. The number of pyridine rings is 1. The zero-order valence-corrected chi connectivity index (χ0v) is 13.2. The standard InChI is InChI=1S/C14H11Cl2N3O3/c1-7(2)22-13-11(3-8(5-17)14(20)21)19-6-9(15)4-10(16)12(19)18-13/h3-4,6-7H,1-2H3,(H,20,21). The molecule has 0 spiro atoms. The molecule has 1 N–H and O–H groups in total. The van der Waals surface area contributed by atoms with Gasteiger partial charge in [0.2, 0.25) is 5.88 Å². The predicted molar refractivity (Wildman–Crippen MR) is 82.2 cm³/mol. The lowest BCUT2D eigenvalue weighted by Gasteiger charge is -2.07. The predicted octanol–water partition coefficient (Wildman–Crippen LogP) is 3.42. The summed E-state index contributed by atoms with van der Waals surface area (Å²) in [5.74, 6) is -1.17. The Kier molecular flexibility index (Phi) is 4.59. The molecule has 2 rings (SSSR count). The molecule has 0 aliphatic heterocycles. The fourth-order valence-electron chi connectivity index (χ4n) is 1.79. The van der Waals surface area contributed by atoms with Gasteiger partial charge >= 0.3 is 5.97 Å². The molecule has 8 heteroatoms. The Bertz CT molecular complexity index is 819. The Balaban J connectivity index is 2.78. The highest BCUT2D eigenvalue weighted by Gasteiger charge is 2.18. The van der Waals surface area contributed by atoms with Crippen LogP contribution in [-0.2, 0) is 4.79 Å². The van der Waals surface area contributed by atoms with Gasteiger partial charge in [-0.15, -0.1) is 0 Å². The average Bonchev–Trinajstić information content (AvgIpc) is 2.73. The van der Waals surface area contributed by atoms with Crippen molar-refractivity contribution in [2.24, 2.45) is 0 Å². The van der Waals surface area contributed by atoms with E-state index in [1.807, 2.05) is 0 Å². The number of imidazole rings is 1. The van der Waals surface area contributed by atoms with E-state index < -0.39 is 11.5 Å². The number of hydrogen-bond donors (Lipinski definition) is 1. The van der Waals surface area contributed by atoms with Gasteiger partial charge in [-0.25, -0.2) is 4.79 Å². The van der Waals surface area contributed by atoms with Crippen molar-refractivity contribution in [2.45, 2.75) is 20.0 Å². The van der Waals surface area contributed by atoms with E-state index in [4.69, 9.17) is 38.3 Å². The van der Waals surface area contributed by atoms with Crippen LogP contribution in [-0.4, -0.2) is 26.6 Å². The number of aromatic nitrogens is 2. The molecule has 0 aliphatic rings. The minimum atomic E-state index is -1.35. The van der Waals surface area contributed by atoms with E-state index in [2.05, 4.69) is 4.98 Å². The van der Waals surface area contributed by atoms with E-state index in [1.54, 1.807) is 19.9 Å². The quantitative estimate of drug-likeness (QED) is 0.681. The van der Waals surface area contributed by atoms with Gasteiger partial charge < -0.3 is 9.84 Å². The van der Waals surface area contributed by atoms with Gasteiger partial charge in [0.15, 0.2) is 5.65 Å². The number of carboxylic acid groups (broad SMARTS) is 1. The van der Waals surface area contributed by atoms with E-state index in [0.717, 1.165) is 0 Å². The number of ether oxygens (including phenoxy) is 1. The van der Waals surface area contributed by atoms with Crippen LogP contribution in [0.1, 0.15) is 19.5 Å². The molecule has 0 atom stereocenters. The summed E-state index contributed by atoms with van der Waals surface area (Å²) in [4.78, 5) is 15.3. The average molecular weight is 340 g/mol. The van der Waals surface area contributed by atoms with E-state index in [9.17, 15) is 4.79 Å². The van der Waals surface area contributed by atoms with Crippen LogP contribution in [0.5, 0.6) is 5.88 Å². The SMILES string of the molecule is CC(C)Oc1nc2c(Cl)cc(Cl)cn2c1C=C(C#N)C(=O)O. The third-order valence-electron chi connectivity index (χ3n) is 2.62. The number of fused-ring (bicyclic) bond motifs is 1. The zero-order chi connectivity index (χ0) is 16.4. The summed E-state index contributed by atoms with van der Waals surface area (Å²) in [6.07, 6.45) is 2.50. The molecule has 0 unspecified atom stereocenters. The summed E-state index contributed by atoms with van der Waals surface area (Å²) >= 11 is 12.1. The van der Waals surface area contributed by atoms with Gasteiger partial charge in [-0.05, 0) is 26.0 Å². The molecule has 0 aromatic carbocycles. The highest BCUT2D eigenvalue weighted by Crippen LogP contribution is 2.30. The molecule has 2 aromatic heterocycles. The van der Waals surface area contributed by atoms with Crippen LogP contribution in [0.25, 0.3) is 11.7 Å². The van der Waals surface area contributed by atoms with Gasteiger partial charge in [0, 0.05) is 6.20 Å². The monoisotopic (exact) mass is 339 g/mol. The molecule has 0 amide bonds. The van der Waals surface area contributed by atoms with E-state index in [1.165, 1.54) is 22.7 Å². The maximum atomic E-state index is 11.0. The van der Waals surface area contributed by atoms with Crippen molar-refractivity contribution in [3.8, 4) is 11.9 Å². The summed E-state index contributed by atoms with van der Waals surface area (Å²) in [5.41, 5.74) is 0.189. The largest absolute Gasteiger partial charge is 0.477 e. The summed E-state index contributed by atoms with van der Waals surface area (Å²) in [7, 11) is 0. The van der Waals surface area contributed by atoms with Crippen LogP contribution in [0.15, 0.2) is 17.8 Å². The molecule has 0 aliphatic carbocycles. The lowest BCUT2D eigenvalue weighted by atomic mass is 10.2. The Labute approximate surface area is 136 Å². The molecule has 114 valence electrons. The number of carbonyl (C=O) groups is 1. The Morgan fingerprint density at radius 1 is 1.55 bits per heavy atom. The molecule has 2 heterocycles. The first-order chi connectivity index (χ1) is 10.3. The number of aliphatic carboxylic acids is 1. The highest BCUT2D eigenvalue weighted by molar-refractivity contribution is 6.36. The second kappa shape index (κ2) is 6.26. The van der Waals surface area contributed by atoms with Gasteiger partial charge in [0.05, 0.1) is 16.1 Å². The van der Waals surface area contributed by atoms with Crippen LogP contribution in [0.2, 0.25) is 10.0 Å². The molecule has 6 nitrogen and oxygen atoms in total. The van der Waals surface area contributed by atoms with Crippen molar-refractivity contribution < 1.29 is 14.6 Å². The molecule has 22 heavy (non-hydrogen) atoms. The van der Waals surface area contributed by atoms with E-state index in [-0.39, 0.29) is 22.7 Å². The van der Waals surface area contributed by atoms with E-state index >= 15 is 0 Å². The van der Waals surface area contributed by atoms with Gasteiger partial charge in [-0.3, -0.25) is 4.40 Å². The minimum absolute atomic E-state index is 0.174. The highest BCUT2D eigenvalue weighted by atomic mass is 35.5. The van der Waals surface area contributed by atoms with Crippen molar-refractivity contribution in [3.63, 3.8) is 0 Å². The normalized spacial score (nSPS) is 11.7. The van der Waals surface area contributed by atoms with Gasteiger partial charge in [-0.1, -0.05) is 23.2 Å². The van der Waals surface area contributed by atoms with Crippen LogP contribution in [0.3, 0.4) is 0 Å². The van der Waals surface area contributed by atoms with Gasteiger partial charge in [-0.2, -0.15) is 10.2 Å². The third-order valence-corrected chi connectivity index (χ3v) is 3.11. The lowest BCUT2D eigenvalue weighted by Crippen LogP contribution is -2.07. The van der Waals surface area contributed by atoms with Gasteiger partial charge in [0.25, 0.3) is 0 Å². The minimum Gasteiger partial charge on any atom is -0.477 e. The number of rotatable bonds is 4. The molecular weight excluding hydrogens is 329 g/mol. The number of nitriles is 1. The van der Waals surface area contributed by atoms with Crippen molar-refractivity contribution in [2.75, 3.05) is 0 Å². The third kappa shape index (κ3) is 3.16. The number of hydrogen-bond acceptors (Lipinski definition) is 4. The smallest absolute Gasteiger partial charge is 0.346 e. The van der Waals surface area contributed by atoms with Crippen LogP contribution in [0, 0.1) is 11.3 Å². The van der Waals surface area contributed by atoms with Crippen molar-refractivity contribution in [3.05, 3.63) is 33.6 Å². The number of halogens is 2. The fraction of sp³-hybridized carbons (Fsp3) is 0.214. The first kappa shape index (κ1) is 16.1. The summed E-state index contributed by atoms with van der Waals surface area (Å²) in [6.45, 7) is 3.60. The van der Waals surface area contributed by atoms with Crippen LogP contribution in [0.4, 0.5) is 0 Å². The molecule has 0 saturated heterocycles. The Morgan fingerprint density at radius 3 is 2.77 bits per heavy atom. The molecule has 0 bridgehead atoms. The molecule has 0 saturated carbocycles. The molecular formula is C14H11Cl2N3O3. The Hall–Kier alpha value is -2.23. The molecule has 2 aromatic rings. The zero-order valence-electron chi connectivity index (χ0n) is 11.7. The first-order valence-electron chi connectivity index (χ1n) is 6.22. The topological polar surface area (TPSA) is 87.6 Å². The molecule has 0 radical (unpaired) electrons. The second-order valence-electron chi connectivity index (χ2n) is 4.64. The second-order valence-corrected chi connectivity index (χ2v) is 5.49. The van der Waals surface area contributed by atoms with Crippen LogP contribution < -0.4 is 4.74 Å². The summed E-state index contributed by atoms with van der Waals surface area (Å²) in [5, 5.41) is 18.6. The lowest BCUT2D eigenvalue weighted by molar-refractivity contribution is -0.132. The van der Waals surface area contributed by atoms with Crippen molar-refractivity contribution >= 4 is 40.9 Å².